The van der Waals surface area contributed by atoms with Crippen molar-refractivity contribution < 1.29 is 19.4 Å². The average Bonchev–Trinajstić information content (AvgIpc) is 3.53. The van der Waals surface area contributed by atoms with E-state index in [0.717, 1.165) is 41.5 Å². The quantitative estimate of drug-likeness (QED) is 0.420. The summed E-state index contributed by atoms with van der Waals surface area (Å²) in [5.74, 6) is 2.05. The summed E-state index contributed by atoms with van der Waals surface area (Å²) >= 11 is 0. The highest BCUT2D eigenvalue weighted by atomic mass is 16.5. The summed E-state index contributed by atoms with van der Waals surface area (Å²) in [7, 11) is 4.80. The van der Waals surface area contributed by atoms with Crippen LogP contribution in [0.15, 0.2) is 42.9 Å². The molecule has 0 bridgehead atoms. The van der Waals surface area contributed by atoms with Gasteiger partial charge in [0.05, 0.1) is 6.20 Å². The summed E-state index contributed by atoms with van der Waals surface area (Å²) < 4.78 is 9.55. The number of nitrogens with zero attached hydrogens (tertiary/aromatic N) is 4. The summed E-state index contributed by atoms with van der Waals surface area (Å²) in [5.41, 5.74) is 4.48. The van der Waals surface area contributed by atoms with Crippen LogP contribution in [0.5, 0.6) is 11.5 Å². The van der Waals surface area contributed by atoms with Crippen molar-refractivity contribution in [2.75, 3.05) is 34.3 Å². The van der Waals surface area contributed by atoms with Gasteiger partial charge in [0.2, 0.25) is 0 Å². The Hall–Kier alpha value is -3.69. The molecular formula is C27H35N5O4. The maximum atomic E-state index is 12.1. The number of aliphatic hydroxyl groups excluding tert-OH is 1. The zero-order chi connectivity index (χ0) is 26.4. The molecule has 5 rings (SSSR count). The maximum absolute atomic E-state index is 12.1. The average molecular weight is 494 g/mol. The normalized spacial score (nSPS) is 15.1. The second kappa shape index (κ2) is 11.8. The molecule has 0 radical (unpaired) electrons. The van der Waals surface area contributed by atoms with Crippen molar-refractivity contribution in [3.8, 4) is 11.5 Å². The van der Waals surface area contributed by atoms with Crippen molar-refractivity contribution in [3.05, 3.63) is 65.2 Å². The fraction of sp³-hybridized carbons (Fsp3) is 0.370. The minimum absolute atomic E-state index is 0.137. The standard InChI is InChI=1S/C20H18N4O3.C6H13N.CH4O/c1-12-8-15-9-16(5-7-23(15)18(12)20(26)21-3)27-17-4-6-22-24-10-14(11-25)13(2)19(17)24;1-6-3-4-7(2)5-6;1-2/h4-11H,1-3H3,(H,21,26);6H,3-5H2,1-2H3;2H,1H3. The molecule has 1 saturated heterocycles. The summed E-state index contributed by atoms with van der Waals surface area (Å²) in [6.07, 6.45) is 7.32. The molecule has 192 valence electrons. The number of fused-ring (bicyclic) bond motifs is 2. The Balaban J connectivity index is 0.000000342. The summed E-state index contributed by atoms with van der Waals surface area (Å²) in [6.45, 7) is 8.68. The van der Waals surface area contributed by atoms with E-state index in [4.69, 9.17) is 9.84 Å². The first kappa shape index (κ1) is 26.9. The number of carbonyl (C=O) groups is 2. The molecule has 1 aliphatic heterocycles. The van der Waals surface area contributed by atoms with Crippen LogP contribution >= 0.6 is 0 Å². The lowest BCUT2D eigenvalue weighted by Gasteiger charge is -2.09. The molecule has 1 atom stereocenters. The predicted octanol–water partition coefficient (Wildman–Crippen LogP) is 3.73. The van der Waals surface area contributed by atoms with Crippen LogP contribution in [-0.2, 0) is 0 Å². The van der Waals surface area contributed by atoms with E-state index in [1.165, 1.54) is 19.5 Å². The number of nitrogens with one attached hydrogen (secondary N) is 1. The topological polar surface area (TPSA) is 101 Å². The molecular weight excluding hydrogens is 458 g/mol. The Kier molecular flexibility index (Phi) is 8.84. The molecule has 0 aromatic carbocycles. The van der Waals surface area contributed by atoms with Gasteiger partial charge in [-0.1, -0.05) is 6.92 Å². The molecule has 9 nitrogen and oxygen atoms in total. The fourth-order valence-corrected chi connectivity index (χ4v) is 4.49. The van der Waals surface area contributed by atoms with E-state index in [-0.39, 0.29) is 5.91 Å². The van der Waals surface area contributed by atoms with E-state index >= 15 is 0 Å². The molecule has 0 aliphatic carbocycles. The van der Waals surface area contributed by atoms with E-state index in [0.29, 0.717) is 22.8 Å². The fourth-order valence-electron chi connectivity index (χ4n) is 4.49. The summed E-state index contributed by atoms with van der Waals surface area (Å²) in [6, 6.07) is 7.37. The molecule has 1 unspecified atom stereocenters. The number of pyridine rings is 1. The molecule has 4 aromatic heterocycles. The number of aldehydes is 1. The van der Waals surface area contributed by atoms with E-state index in [2.05, 4.69) is 29.3 Å². The summed E-state index contributed by atoms with van der Waals surface area (Å²) in [4.78, 5) is 25.7. The zero-order valence-electron chi connectivity index (χ0n) is 21.8. The first-order valence-electron chi connectivity index (χ1n) is 11.9. The molecule has 1 fully saturated rings. The van der Waals surface area contributed by atoms with Crippen LogP contribution in [0.1, 0.15) is 45.3 Å². The molecule has 4 aromatic rings. The molecule has 2 N–H and O–H groups in total. The lowest BCUT2D eigenvalue weighted by Crippen LogP contribution is -2.20. The molecule has 36 heavy (non-hydrogen) atoms. The van der Waals surface area contributed by atoms with Gasteiger partial charge in [0.15, 0.2) is 12.0 Å². The lowest BCUT2D eigenvalue weighted by molar-refractivity contribution is 0.0956. The largest absolute Gasteiger partial charge is 0.455 e. The van der Waals surface area contributed by atoms with Crippen molar-refractivity contribution in [2.24, 2.45) is 5.92 Å². The van der Waals surface area contributed by atoms with Crippen molar-refractivity contribution >= 4 is 23.2 Å². The maximum Gasteiger partial charge on any atom is 0.268 e. The van der Waals surface area contributed by atoms with Crippen LogP contribution in [0.25, 0.3) is 11.0 Å². The van der Waals surface area contributed by atoms with Gasteiger partial charge in [0, 0.05) is 56.3 Å². The van der Waals surface area contributed by atoms with Gasteiger partial charge in [0.1, 0.15) is 17.0 Å². The smallest absolute Gasteiger partial charge is 0.268 e. The molecule has 9 heteroatoms. The monoisotopic (exact) mass is 493 g/mol. The first-order chi connectivity index (χ1) is 17.3. The number of ether oxygens (including phenoxy) is 1. The van der Waals surface area contributed by atoms with Gasteiger partial charge in [-0.15, -0.1) is 0 Å². The highest BCUT2D eigenvalue weighted by Gasteiger charge is 2.16. The molecule has 0 saturated carbocycles. The van der Waals surface area contributed by atoms with Gasteiger partial charge in [-0.3, -0.25) is 9.59 Å². The highest BCUT2D eigenvalue weighted by molar-refractivity contribution is 5.95. The van der Waals surface area contributed by atoms with Crippen LogP contribution in [0.2, 0.25) is 0 Å². The SMILES string of the molecule is CC1CCN(C)C1.CNC(=O)c1c(C)cc2cc(Oc3ccnn4cc(C=O)c(C)c34)ccn12.CO. The zero-order valence-corrected chi connectivity index (χ0v) is 21.8. The van der Waals surface area contributed by atoms with E-state index < -0.39 is 0 Å². The Bertz CT molecular complexity index is 1350. The van der Waals surface area contributed by atoms with Gasteiger partial charge >= 0.3 is 0 Å². The Morgan fingerprint density at radius 3 is 2.58 bits per heavy atom. The Morgan fingerprint density at radius 2 is 2.00 bits per heavy atom. The third-order valence-corrected chi connectivity index (χ3v) is 6.29. The summed E-state index contributed by atoms with van der Waals surface area (Å²) in [5, 5.41) is 13.9. The first-order valence-corrected chi connectivity index (χ1v) is 11.9. The van der Waals surface area contributed by atoms with Gasteiger partial charge in [-0.25, -0.2) is 4.52 Å². The van der Waals surface area contributed by atoms with Gasteiger partial charge < -0.3 is 24.5 Å². The van der Waals surface area contributed by atoms with E-state index in [1.54, 1.807) is 36.1 Å². The molecule has 1 aliphatic rings. The lowest BCUT2D eigenvalue weighted by atomic mass is 10.2. The predicted molar refractivity (Wildman–Crippen MR) is 140 cm³/mol. The molecule has 1 amide bonds. The van der Waals surface area contributed by atoms with Gasteiger partial charge in [-0.05, 0) is 63.0 Å². The van der Waals surface area contributed by atoms with Crippen LogP contribution < -0.4 is 10.1 Å². The number of likely N-dealkylation sites (tertiary alicyclic amines) is 1. The number of hydrogen-bond acceptors (Lipinski definition) is 6. The number of rotatable bonds is 4. The van der Waals surface area contributed by atoms with Gasteiger partial charge in [0.25, 0.3) is 5.91 Å². The second-order valence-electron chi connectivity index (χ2n) is 8.99. The number of aliphatic hydroxyl groups is 1. The highest BCUT2D eigenvalue weighted by Crippen LogP contribution is 2.31. The number of hydrogen-bond donors (Lipinski definition) is 2. The van der Waals surface area contributed by atoms with Crippen molar-refractivity contribution in [1.29, 1.82) is 0 Å². The molecule has 0 spiro atoms. The van der Waals surface area contributed by atoms with Gasteiger partial charge in [-0.2, -0.15) is 5.10 Å². The van der Waals surface area contributed by atoms with Crippen LogP contribution in [-0.4, -0.2) is 70.5 Å². The van der Waals surface area contributed by atoms with Crippen molar-refractivity contribution in [2.45, 2.75) is 27.2 Å². The van der Waals surface area contributed by atoms with Crippen molar-refractivity contribution in [3.63, 3.8) is 0 Å². The number of amides is 1. The van der Waals surface area contributed by atoms with Crippen molar-refractivity contribution in [1.82, 2.24) is 24.2 Å². The second-order valence-corrected chi connectivity index (χ2v) is 8.99. The Labute approximate surface area is 211 Å². The van der Waals surface area contributed by atoms with E-state index in [9.17, 15) is 9.59 Å². The van der Waals surface area contributed by atoms with Crippen LogP contribution in [0, 0.1) is 19.8 Å². The molecule has 5 heterocycles. The number of carbonyl (C=O) groups excluding carboxylic acids is 2. The minimum atomic E-state index is -0.137. The van der Waals surface area contributed by atoms with Crippen LogP contribution in [0.3, 0.4) is 0 Å². The van der Waals surface area contributed by atoms with Crippen LogP contribution in [0.4, 0.5) is 0 Å². The third kappa shape index (κ3) is 5.58. The van der Waals surface area contributed by atoms with E-state index in [1.807, 2.05) is 36.6 Å². The third-order valence-electron chi connectivity index (χ3n) is 6.29. The number of aromatic nitrogens is 3. The minimum Gasteiger partial charge on any atom is -0.455 e. The Morgan fingerprint density at radius 1 is 1.25 bits per heavy atom. The number of aryl methyl sites for hydroxylation is 2.